The minimum Gasteiger partial charge on any atom is -0.338 e. The Labute approximate surface area is 166 Å². The van der Waals surface area contributed by atoms with Gasteiger partial charge in [-0.2, -0.15) is 0 Å². The van der Waals surface area contributed by atoms with E-state index in [2.05, 4.69) is 10.6 Å². The normalized spacial score (nSPS) is 9.85. The number of urea groups is 1. The molecule has 2 amide bonds. The number of hydrogen-bond donors (Lipinski definition) is 3. The minimum atomic E-state index is -0.125. The molecule has 4 N–H and O–H groups in total. The summed E-state index contributed by atoms with van der Waals surface area (Å²) in [6.45, 7) is 5.26. The van der Waals surface area contributed by atoms with Gasteiger partial charge in [0.2, 0.25) is 0 Å². The topological polar surface area (TPSA) is 67.1 Å². The molecule has 0 aliphatic carbocycles. The molecule has 0 aliphatic heterocycles. The van der Waals surface area contributed by atoms with E-state index in [4.69, 9.17) is 16.7 Å². The van der Waals surface area contributed by atoms with E-state index in [0.29, 0.717) is 13.1 Å². The summed E-state index contributed by atoms with van der Waals surface area (Å²) in [5.41, 5.74) is 2.40. The Balaban J connectivity index is 0.00000163. The Kier molecular flexibility index (Phi) is 11.6. The lowest BCUT2D eigenvalue weighted by atomic mass is 10.1. The summed E-state index contributed by atoms with van der Waals surface area (Å²) in [6.07, 6.45) is 2.62. The summed E-state index contributed by atoms with van der Waals surface area (Å²) >= 11 is 7.08. The van der Waals surface area contributed by atoms with Gasteiger partial charge >= 0.3 is 6.03 Å². The molecule has 0 atom stereocenters. The number of halogens is 1. The first-order valence-electron chi connectivity index (χ1n) is 8.89. The summed E-state index contributed by atoms with van der Waals surface area (Å²) in [5.74, 6) is 0. The lowest BCUT2D eigenvalue weighted by Gasteiger charge is -2.08. The molecule has 6 heteroatoms. The van der Waals surface area contributed by atoms with Crippen LogP contribution in [0.5, 0.6) is 0 Å². The highest BCUT2D eigenvalue weighted by Gasteiger charge is 2.00. The van der Waals surface area contributed by atoms with Gasteiger partial charge in [-0.1, -0.05) is 49.7 Å². The smallest absolute Gasteiger partial charge is 0.314 e. The van der Waals surface area contributed by atoms with Crippen molar-refractivity contribution < 1.29 is 4.79 Å². The number of carbonyl (C=O) groups excluding carboxylic acids is 1. The second-order valence-corrected chi connectivity index (χ2v) is 6.57. The number of carbonyl (C=O) groups is 1. The number of aryl methyl sites for hydroxylation is 1. The fraction of sp³-hybridized carbons (Fsp3) is 0.350. The van der Waals surface area contributed by atoms with Crippen LogP contribution in [-0.4, -0.2) is 19.1 Å². The van der Waals surface area contributed by atoms with Crippen molar-refractivity contribution in [3.8, 4) is 0 Å². The van der Waals surface area contributed by atoms with Gasteiger partial charge in [-0.3, -0.25) is 5.14 Å². The largest absolute Gasteiger partial charge is 0.338 e. The second-order valence-electron chi connectivity index (χ2n) is 5.42. The molecule has 4 nitrogen and oxygen atoms in total. The van der Waals surface area contributed by atoms with Crippen molar-refractivity contribution in [2.24, 2.45) is 5.14 Å². The van der Waals surface area contributed by atoms with E-state index >= 15 is 0 Å². The van der Waals surface area contributed by atoms with Crippen molar-refractivity contribution in [3.05, 3.63) is 64.7 Å². The summed E-state index contributed by atoms with van der Waals surface area (Å²) in [7, 11) is 0. The first-order chi connectivity index (χ1) is 12.7. The number of hydrogen-bond acceptors (Lipinski definition) is 3. The molecule has 2 aromatic rings. The quantitative estimate of drug-likeness (QED) is 0.445. The van der Waals surface area contributed by atoms with Crippen LogP contribution in [-0.2, 0) is 12.8 Å². The second kappa shape index (κ2) is 13.5. The van der Waals surface area contributed by atoms with Crippen LogP contribution >= 0.6 is 23.5 Å². The van der Waals surface area contributed by atoms with Gasteiger partial charge in [-0.05, 0) is 66.6 Å². The first-order valence-corrected chi connectivity index (χ1v) is 10.1. The Morgan fingerprint density at radius 3 is 2.08 bits per heavy atom. The zero-order chi connectivity index (χ0) is 19.2. The molecule has 0 bridgehead atoms. The number of amides is 2. The van der Waals surface area contributed by atoms with Crippen LogP contribution in [0, 0.1) is 0 Å². The third-order valence-electron chi connectivity index (χ3n) is 3.60. The molecule has 0 saturated heterocycles. The molecular formula is C20H28ClN3OS. The predicted molar refractivity (Wildman–Crippen MR) is 113 cm³/mol. The van der Waals surface area contributed by atoms with Gasteiger partial charge in [0.1, 0.15) is 0 Å². The highest BCUT2D eigenvalue weighted by atomic mass is 35.5. The van der Waals surface area contributed by atoms with Crippen molar-refractivity contribution in [1.29, 1.82) is 0 Å². The zero-order valence-corrected chi connectivity index (χ0v) is 17.0. The monoisotopic (exact) mass is 393 g/mol. The van der Waals surface area contributed by atoms with Crippen molar-refractivity contribution in [2.45, 2.75) is 38.0 Å². The maximum Gasteiger partial charge on any atom is 0.314 e. The molecule has 0 aliphatic rings. The van der Waals surface area contributed by atoms with Crippen molar-refractivity contribution in [1.82, 2.24) is 10.6 Å². The summed E-state index contributed by atoms with van der Waals surface area (Å²) in [5, 5.41) is 12.0. The molecule has 0 saturated carbocycles. The van der Waals surface area contributed by atoms with E-state index in [1.54, 1.807) is 0 Å². The van der Waals surface area contributed by atoms with E-state index in [0.717, 1.165) is 29.2 Å². The molecule has 142 valence electrons. The van der Waals surface area contributed by atoms with E-state index in [1.165, 1.54) is 23.1 Å². The number of rotatable bonds is 8. The molecular weight excluding hydrogens is 366 g/mol. The Hall–Kier alpha value is -1.69. The molecule has 2 rings (SSSR count). The van der Waals surface area contributed by atoms with Gasteiger partial charge in [0.15, 0.2) is 0 Å². The first kappa shape index (κ1) is 22.4. The van der Waals surface area contributed by atoms with E-state index < -0.39 is 0 Å². The third-order valence-corrected chi connectivity index (χ3v) is 4.40. The SMILES string of the molecule is CC.NSc1ccc(CCNC(=O)NCCCc2ccc(Cl)cc2)cc1. The van der Waals surface area contributed by atoms with Gasteiger partial charge in [-0.25, -0.2) is 4.79 Å². The third kappa shape index (κ3) is 9.13. The molecule has 0 heterocycles. The average molecular weight is 394 g/mol. The Morgan fingerprint density at radius 1 is 0.923 bits per heavy atom. The van der Waals surface area contributed by atoms with Crippen LogP contribution in [0.2, 0.25) is 5.02 Å². The number of nitrogens with one attached hydrogen (secondary N) is 2. The molecule has 0 unspecified atom stereocenters. The summed E-state index contributed by atoms with van der Waals surface area (Å²) in [4.78, 5) is 12.8. The maximum atomic E-state index is 11.7. The van der Waals surface area contributed by atoms with E-state index in [9.17, 15) is 4.79 Å². The van der Waals surface area contributed by atoms with Crippen LogP contribution in [0.15, 0.2) is 53.4 Å². The van der Waals surface area contributed by atoms with Crippen molar-refractivity contribution >= 4 is 29.6 Å². The van der Waals surface area contributed by atoms with Crippen LogP contribution in [0.3, 0.4) is 0 Å². The lowest BCUT2D eigenvalue weighted by molar-refractivity contribution is 0.241. The van der Waals surface area contributed by atoms with Crippen LogP contribution < -0.4 is 15.8 Å². The molecule has 0 aromatic heterocycles. The van der Waals surface area contributed by atoms with Crippen LogP contribution in [0.25, 0.3) is 0 Å². The minimum absolute atomic E-state index is 0.125. The lowest BCUT2D eigenvalue weighted by Crippen LogP contribution is -2.37. The van der Waals surface area contributed by atoms with Crippen molar-refractivity contribution in [2.75, 3.05) is 13.1 Å². The van der Waals surface area contributed by atoms with Gasteiger partial charge in [0.25, 0.3) is 0 Å². The molecule has 2 aromatic carbocycles. The number of benzene rings is 2. The Bertz CT molecular complexity index is 633. The maximum absolute atomic E-state index is 11.7. The summed E-state index contributed by atoms with van der Waals surface area (Å²) < 4.78 is 0. The summed E-state index contributed by atoms with van der Waals surface area (Å²) in [6, 6.07) is 15.7. The van der Waals surface area contributed by atoms with Gasteiger partial charge in [0.05, 0.1) is 0 Å². The fourth-order valence-electron chi connectivity index (χ4n) is 2.26. The van der Waals surface area contributed by atoms with Crippen molar-refractivity contribution in [3.63, 3.8) is 0 Å². The molecule has 0 radical (unpaired) electrons. The van der Waals surface area contributed by atoms with Crippen LogP contribution in [0.4, 0.5) is 4.79 Å². The highest BCUT2D eigenvalue weighted by molar-refractivity contribution is 7.97. The highest BCUT2D eigenvalue weighted by Crippen LogP contribution is 2.12. The fourth-order valence-corrected chi connectivity index (χ4v) is 2.68. The van der Waals surface area contributed by atoms with Gasteiger partial charge < -0.3 is 10.6 Å². The van der Waals surface area contributed by atoms with E-state index in [1.807, 2.05) is 62.4 Å². The number of nitrogens with two attached hydrogens (primary N) is 1. The standard InChI is InChI=1S/C18H22ClN3OS.C2H6/c19-16-7-3-14(4-8-16)2-1-12-21-18(23)22-13-11-15-5-9-17(24-20)10-6-15;1-2/h3-10H,1-2,11-13,20H2,(H2,21,22,23);1-2H3. The van der Waals surface area contributed by atoms with Crippen LogP contribution in [0.1, 0.15) is 31.4 Å². The molecule has 0 spiro atoms. The predicted octanol–water partition coefficient (Wildman–Crippen LogP) is 4.81. The zero-order valence-electron chi connectivity index (χ0n) is 15.4. The van der Waals surface area contributed by atoms with Gasteiger partial charge in [-0.15, -0.1) is 0 Å². The Morgan fingerprint density at radius 2 is 1.46 bits per heavy atom. The van der Waals surface area contributed by atoms with Gasteiger partial charge in [0, 0.05) is 23.0 Å². The van der Waals surface area contributed by atoms with E-state index in [-0.39, 0.29) is 6.03 Å². The average Bonchev–Trinajstić information content (AvgIpc) is 2.69. The molecule has 26 heavy (non-hydrogen) atoms. The molecule has 0 fully saturated rings.